The van der Waals surface area contributed by atoms with E-state index in [0.29, 0.717) is 0 Å². The standard InChI is InChI=1S/C9H8FN5O4/c1-13-9(16)14(12-11-13)7-4-6(15(17)18)5(10)3-8(7)19-2/h3-4H,1-2H3. The second-order valence-corrected chi connectivity index (χ2v) is 3.53. The molecule has 0 saturated carbocycles. The first-order valence-electron chi connectivity index (χ1n) is 4.97. The van der Waals surface area contributed by atoms with E-state index >= 15 is 0 Å². The first kappa shape index (κ1) is 12.7. The lowest BCUT2D eigenvalue weighted by atomic mass is 10.2. The van der Waals surface area contributed by atoms with Crippen LogP contribution >= 0.6 is 0 Å². The van der Waals surface area contributed by atoms with Crippen molar-refractivity contribution in [1.82, 2.24) is 19.8 Å². The number of aryl methyl sites for hydroxylation is 1. The zero-order valence-electron chi connectivity index (χ0n) is 9.90. The van der Waals surface area contributed by atoms with E-state index in [2.05, 4.69) is 10.4 Å². The van der Waals surface area contributed by atoms with E-state index in [1.807, 2.05) is 0 Å². The minimum atomic E-state index is -1.07. The van der Waals surface area contributed by atoms with Gasteiger partial charge in [0.25, 0.3) is 0 Å². The predicted molar refractivity (Wildman–Crippen MR) is 59.8 cm³/mol. The van der Waals surface area contributed by atoms with Gasteiger partial charge in [0.2, 0.25) is 5.82 Å². The van der Waals surface area contributed by atoms with E-state index in [0.717, 1.165) is 21.5 Å². The predicted octanol–water partition coefficient (Wildman–Crippen LogP) is 0.0219. The molecule has 0 fully saturated rings. The number of nitro benzene ring substituents is 1. The van der Waals surface area contributed by atoms with Crippen molar-refractivity contribution in [3.8, 4) is 11.4 Å². The number of nitrogens with zero attached hydrogens (tertiary/aromatic N) is 5. The monoisotopic (exact) mass is 269 g/mol. The summed E-state index contributed by atoms with van der Waals surface area (Å²) in [6.45, 7) is 0. The maximum Gasteiger partial charge on any atom is 0.368 e. The van der Waals surface area contributed by atoms with Gasteiger partial charge in [0.15, 0.2) is 0 Å². The Kier molecular flexibility index (Phi) is 2.99. The molecule has 0 N–H and O–H groups in total. The maximum absolute atomic E-state index is 13.4. The summed E-state index contributed by atoms with van der Waals surface area (Å²) in [6, 6.07) is 1.68. The smallest absolute Gasteiger partial charge is 0.368 e. The molecule has 0 unspecified atom stereocenters. The second-order valence-electron chi connectivity index (χ2n) is 3.53. The Hall–Kier alpha value is -2.78. The number of aromatic nitrogens is 4. The molecule has 0 radical (unpaired) electrons. The molecule has 0 spiro atoms. The lowest BCUT2D eigenvalue weighted by molar-refractivity contribution is -0.387. The molecule has 2 aromatic rings. The molecular weight excluding hydrogens is 261 g/mol. The van der Waals surface area contributed by atoms with Gasteiger partial charge in [-0.15, -0.1) is 0 Å². The molecule has 9 nitrogen and oxygen atoms in total. The normalized spacial score (nSPS) is 10.5. The fourth-order valence-corrected chi connectivity index (χ4v) is 1.47. The molecular formula is C9H8FN5O4. The zero-order valence-corrected chi connectivity index (χ0v) is 9.90. The van der Waals surface area contributed by atoms with Gasteiger partial charge in [0, 0.05) is 19.2 Å². The lowest BCUT2D eigenvalue weighted by Crippen LogP contribution is -2.22. The summed E-state index contributed by atoms with van der Waals surface area (Å²) in [4.78, 5) is 21.5. The summed E-state index contributed by atoms with van der Waals surface area (Å²) in [6.07, 6.45) is 0. The van der Waals surface area contributed by atoms with E-state index in [4.69, 9.17) is 4.74 Å². The molecule has 1 heterocycles. The van der Waals surface area contributed by atoms with E-state index in [1.54, 1.807) is 0 Å². The molecule has 1 aromatic carbocycles. The molecule has 0 bridgehead atoms. The number of rotatable bonds is 3. The third kappa shape index (κ3) is 2.03. The van der Waals surface area contributed by atoms with Crippen molar-refractivity contribution in [1.29, 1.82) is 0 Å². The van der Waals surface area contributed by atoms with Gasteiger partial charge < -0.3 is 4.74 Å². The Balaban J connectivity index is 2.74. The molecule has 0 aliphatic heterocycles. The fourth-order valence-electron chi connectivity index (χ4n) is 1.47. The number of benzene rings is 1. The van der Waals surface area contributed by atoms with E-state index in [9.17, 15) is 19.3 Å². The molecule has 10 heteroatoms. The van der Waals surface area contributed by atoms with Crippen molar-refractivity contribution < 1.29 is 14.1 Å². The summed E-state index contributed by atoms with van der Waals surface area (Å²) < 4.78 is 20.0. The Bertz CT molecular complexity index is 707. The van der Waals surface area contributed by atoms with Crippen molar-refractivity contribution in [3.63, 3.8) is 0 Å². The number of hydrogen-bond donors (Lipinski definition) is 0. The first-order chi connectivity index (χ1) is 8.95. The summed E-state index contributed by atoms with van der Waals surface area (Å²) in [5.74, 6) is -1.13. The van der Waals surface area contributed by atoms with Crippen LogP contribution in [0.25, 0.3) is 5.69 Å². The van der Waals surface area contributed by atoms with Gasteiger partial charge in [0.1, 0.15) is 11.4 Å². The Labute approximate surface area is 105 Å². The van der Waals surface area contributed by atoms with Crippen LogP contribution in [0.5, 0.6) is 5.75 Å². The summed E-state index contributed by atoms with van der Waals surface area (Å²) in [7, 11) is 2.60. The van der Waals surface area contributed by atoms with Crippen LogP contribution in [0, 0.1) is 15.9 Å². The largest absolute Gasteiger partial charge is 0.494 e. The van der Waals surface area contributed by atoms with Crippen molar-refractivity contribution in [3.05, 3.63) is 38.5 Å². The van der Waals surface area contributed by atoms with Gasteiger partial charge in [-0.1, -0.05) is 0 Å². The van der Waals surface area contributed by atoms with Crippen LogP contribution in [0.15, 0.2) is 16.9 Å². The number of ether oxygens (including phenoxy) is 1. The van der Waals surface area contributed by atoms with Crippen LogP contribution in [-0.4, -0.2) is 31.8 Å². The molecule has 100 valence electrons. The summed E-state index contributed by atoms with van der Waals surface area (Å²) in [5, 5.41) is 17.7. The van der Waals surface area contributed by atoms with Crippen LogP contribution in [0.3, 0.4) is 0 Å². The first-order valence-corrected chi connectivity index (χ1v) is 4.97. The average Bonchev–Trinajstić information content (AvgIpc) is 2.69. The highest BCUT2D eigenvalue weighted by atomic mass is 19.1. The number of tetrazole rings is 1. The Morgan fingerprint density at radius 1 is 1.42 bits per heavy atom. The Morgan fingerprint density at radius 3 is 2.58 bits per heavy atom. The minimum absolute atomic E-state index is 0.0614. The molecule has 1 aromatic heterocycles. The highest BCUT2D eigenvalue weighted by Crippen LogP contribution is 2.29. The number of nitro groups is 1. The van der Waals surface area contributed by atoms with Crippen LogP contribution in [0.1, 0.15) is 0 Å². The quantitative estimate of drug-likeness (QED) is 0.574. The van der Waals surface area contributed by atoms with Gasteiger partial charge in [-0.3, -0.25) is 10.1 Å². The van der Waals surface area contributed by atoms with Crippen LogP contribution in [0.2, 0.25) is 0 Å². The number of hydrogen-bond acceptors (Lipinski definition) is 6. The molecule has 0 aliphatic rings. The molecule has 0 aliphatic carbocycles. The molecule has 0 saturated heterocycles. The van der Waals surface area contributed by atoms with Gasteiger partial charge in [-0.05, 0) is 10.4 Å². The highest BCUT2D eigenvalue weighted by molar-refractivity contribution is 5.53. The summed E-state index contributed by atoms with van der Waals surface area (Å²) in [5.41, 5.74) is -1.48. The van der Waals surface area contributed by atoms with Crippen molar-refractivity contribution in [2.45, 2.75) is 0 Å². The van der Waals surface area contributed by atoms with Crippen molar-refractivity contribution >= 4 is 5.69 Å². The number of methoxy groups -OCH3 is 1. The fraction of sp³-hybridized carbons (Fsp3) is 0.222. The van der Waals surface area contributed by atoms with Gasteiger partial charge >= 0.3 is 11.4 Å². The van der Waals surface area contributed by atoms with Crippen molar-refractivity contribution in [2.24, 2.45) is 7.05 Å². The second kappa shape index (κ2) is 4.48. The van der Waals surface area contributed by atoms with Gasteiger partial charge in [-0.2, -0.15) is 13.8 Å². The topological polar surface area (TPSA) is 105 Å². The zero-order chi connectivity index (χ0) is 14.2. The molecule has 19 heavy (non-hydrogen) atoms. The van der Waals surface area contributed by atoms with Crippen molar-refractivity contribution in [2.75, 3.05) is 7.11 Å². The van der Waals surface area contributed by atoms with E-state index in [-0.39, 0.29) is 11.4 Å². The van der Waals surface area contributed by atoms with Gasteiger partial charge in [0.05, 0.1) is 12.0 Å². The van der Waals surface area contributed by atoms with Crippen LogP contribution in [0.4, 0.5) is 10.1 Å². The van der Waals surface area contributed by atoms with E-state index in [1.165, 1.54) is 14.2 Å². The number of halogens is 1. The highest BCUT2D eigenvalue weighted by Gasteiger charge is 2.22. The van der Waals surface area contributed by atoms with Crippen LogP contribution < -0.4 is 10.4 Å². The Morgan fingerprint density at radius 2 is 2.11 bits per heavy atom. The summed E-state index contributed by atoms with van der Waals surface area (Å²) >= 11 is 0. The lowest BCUT2D eigenvalue weighted by Gasteiger charge is -2.06. The van der Waals surface area contributed by atoms with Gasteiger partial charge in [-0.25, -0.2) is 4.79 Å². The molecule has 2 rings (SSSR count). The maximum atomic E-state index is 13.4. The SMILES string of the molecule is COc1cc(F)c([N+](=O)[O-])cc1-n1nnn(C)c1=O. The van der Waals surface area contributed by atoms with E-state index < -0.39 is 22.1 Å². The minimum Gasteiger partial charge on any atom is -0.494 e. The average molecular weight is 269 g/mol. The molecule has 0 atom stereocenters. The third-order valence-corrected chi connectivity index (χ3v) is 2.39. The van der Waals surface area contributed by atoms with Crippen LogP contribution in [-0.2, 0) is 7.05 Å². The third-order valence-electron chi connectivity index (χ3n) is 2.39. The molecule has 0 amide bonds.